The van der Waals surface area contributed by atoms with Crippen LogP contribution in [-0.4, -0.2) is 17.8 Å². The number of nitriles is 1. The molecule has 1 aromatic rings. The van der Waals surface area contributed by atoms with E-state index in [2.05, 4.69) is 50.4 Å². The van der Waals surface area contributed by atoms with E-state index in [4.69, 9.17) is 0 Å². The molecule has 3 heteroatoms. The van der Waals surface area contributed by atoms with Gasteiger partial charge in [-0.25, -0.2) is 0 Å². The van der Waals surface area contributed by atoms with Gasteiger partial charge in [-0.2, -0.15) is 17.0 Å². The lowest BCUT2D eigenvalue weighted by molar-refractivity contribution is 0.415. The van der Waals surface area contributed by atoms with Crippen LogP contribution in [0.25, 0.3) is 0 Å². The van der Waals surface area contributed by atoms with Crippen LogP contribution in [-0.2, 0) is 5.75 Å². The summed E-state index contributed by atoms with van der Waals surface area (Å²) in [4.78, 5) is 0. The van der Waals surface area contributed by atoms with Crippen molar-refractivity contribution >= 4 is 11.8 Å². The van der Waals surface area contributed by atoms with Crippen LogP contribution in [0.5, 0.6) is 0 Å². The fraction of sp³-hybridized carbons (Fsp3) is 0.611. The standard InChI is InChI=1S/C18H28N2S/c1-5-8-20-18(4,14-19)7-6-9-21-13-17-11-15(2)10-16(3)12-17/h10-12,20H,5-9,13H2,1-4H3. The summed E-state index contributed by atoms with van der Waals surface area (Å²) in [5, 5.41) is 12.6. The quantitative estimate of drug-likeness (QED) is 0.677. The highest BCUT2D eigenvalue weighted by Gasteiger charge is 2.21. The third-order valence-electron chi connectivity index (χ3n) is 3.53. The second-order valence-electron chi connectivity index (χ2n) is 6.02. The molecule has 1 rings (SSSR count). The molecule has 1 N–H and O–H groups in total. The molecule has 0 radical (unpaired) electrons. The largest absolute Gasteiger partial charge is 0.300 e. The molecule has 1 unspecified atom stereocenters. The van der Waals surface area contributed by atoms with Crippen molar-refractivity contribution in [1.29, 1.82) is 5.26 Å². The summed E-state index contributed by atoms with van der Waals surface area (Å²) in [5.74, 6) is 2.17. The lowest BCUT2D eigenvalue weighted by Gasteiger charge is -2.22. The molecule has 2 nitrogen and oxygen atoms in total. The maximum atomic E-state index is 9.29. The van der Waals surface area contributed by atoms with Crippen LogP contribution in [0.15, 0.2) is 18.2 Å². The van der Waals surface area contributed by atoms with E-state index in [9.17, 15) is 5.26 Å². The van der Waals surface area contributed by atoms with Gasteiger partial charge in [-0.05, 0) is 57.9 Å². The van der Waals surface area contributed by atoms with E-state index in [1.54, 1.807) is 0 Å². The first-order chi connectivity index (χ1) is 9.99. The van der Waals surface area contributed by atoms with Gasteiger partial charge in [-0.1, -0.05) is 36.2 Å². The van der Waals surface area contributed by atoms with Crippen molar-refractivity contribution < 1.29 is 0 Å². The zero-order valence-electron chi connectivity index (χ0n) is 13.8. The zero-order chi connectivity index (χ0) is 15.7. The lowest BCUT2D eigenvalue weighted by Crippen LogP contribution is -2.41. The maximum absolute atomic E-state index is 9.29. The van der Waals surface area contributed by atoms with E-state index in [1.165, 1.54) is 16.7 Å². The molecule has 0 heterocycles. The van der Waals surface area contributed by atoms with E-state index in [0.717, 1.165) is 37.3 Å². The first-order valence-corrected chi connectivity index (χ1v) is 8.96. The monoisotopic (exact) mass is 304 g/mol. The predicted octanol–water partition coefficient (Wildman–Crippen LogP) is 4.60. The average Bonchev–Trinajstić information content (AvgIpc) is 2.44. The Morgan fingerprint density at radius 2 is 1.90 bits per heavy atom. The number of nitrogens with zero attached hydrogens (tertiary/aromatic N) is 1. The van der Waals surface area contributed by atoms with Crippen molar-refractivity contribution in [3.8, 4) is 6.07 Å². The summed E-state index contributed by atoms with van der Waals surface area (Å²) in [7, 11) is 0. The molecule has 0 saturated heterocycles. The van der Waals surface area contributed by atoms with Crippen LogP contribution < -0.4 is 5.32 Å². The highest BCUT2D eigenvalue weighted by Crippen LogP contribution is 2.19. The molecule has 0 spiro atoms. The summed E-state index contributed by atoms with van der Waals surface area (Å²) in [6.45, 7) is 9.36. The third kappa shape index (κ3) is 7.02. The number of benzene rings is 1. The number of hydrogen-bond acceptors (Lipinski definition) is 3. The topological polar surface area (TPSA) is 35.8 Å². The van der Waals surface area contributed by atoms with E-state index < -0.39 is 0 Å². The Kier molecular flexibility index (Phi) is 7.85. The van der Waals surface area contributed by atoms with Crippen molar-refractivity contribution in [2.75, 3.05) is 12.3 Å². The minimum atomic E-state index is -0.365. The molecule has 0 saturated carbocycles. The van der Waals surface area contributed by atoms with E-state index in [0.29, 0.717) is 0 Å². The molecule has 1 atom stereocenters. The Morgan fingerprint density at radius 3 is 2.48 bits per heavy atom. The SMILES string of the molecule is CCCNC(C)(C#N)CCCSCc1cc(C)cc(C)c1. The number of rotatable bonds is 9. The smallest absolute Gasteiger partial charge is 0.103 e. The van der Waals surface area contributed by atoms with Crippen LogP contribution in [0.3, 0.4) is 0 Å². The third-order valence-corrected chi connectivity index (χ3v) is 4.64. The van der Waals surface area contributed by atoms with Gasteiger partial charge in [0, 0.05) is 5.75 Å². The van der Waals surface area contributed by atoms with Crippen molar-refractivity contribution in [1.82, 2.24) is 5.32 Å². The molecule has 0 amide bonds. The Labute approximate surface area is 134 Å². The molecular weight excluding hydrogens is 276 g/mol. The highest BCUT2D eigenvalue weighted by molar-refractivity contribution is 7.98. The van der Waals surface area contributed by atoms with Crippen molar-refractivity contribution in [3.63, 3.8) is 0 Å². The first kappa shape index (κ1) is 18.1. The molecule has 0 aliphatic carbocycles. The van der Waals surface area contributed by atoms with Crippen LogP contribution in [0.2, 0.25) is 0 Å². The number of thioether (sulfide) groups is 1. The number of aryl methyl sites for hydroxylation is 2. The molecule has 0 aliphatic rings. The van der Waals surface area contributed by atoms with Gasteiger partial charge in [0.1, 0.15) is 5.54 Å². The van der Waals surface area contributed by atoms with Gasteiger partial charge in [0.25, 0.3) is 0 Å². The van der Waals surface area contributed by atoms with Crippen LogP contribution in [0, 0.1) is 25.2 Å². The van der Waals surface area contributed by atoms with E-state index in [1.807, 2.05) is 18.7 Å². The van der Waals surface area contributed by atoms with Gasteiger partial charge < -0.3 is 0 Å². The number of hydrogen-bond donors (Lipinski definition) is 1. The Bertz CT molecular complexity index is 458. The second kappa shape index (κ2) is 9.12. The molecule has 0 bridgehead atoms. The highest BCUT2D eigenvalue weighted by atomic mass is 32.2. The van der Waals surface area contributed by atoms with Crippen LogP contribution in [0.1, 0.15) is 49.8 Å². The van der Waals surface area contributed by atoms with Gasteiger partial charge in [-0.15, -0.1) is 0 Å². The second-order valence-corrected chi connectivity index (χ2v) is 7.13. The fourth-order valence-electron chi connectivity index (χ4n) is 2.45. The zero-order valence-corrected chi connectivity index (χ0v) is 14.6. The Balaban J connectivity index is 2.29. The minimum Gasteiger partial charge on any atom is -0.300 e. The predicted molar refractivity (Wildman–Crippen MR) is 93.6 cm³/mol. The molecule has 0 aliphatic heterocycles. The normalized spacial score (nSPS) is 13.7. The maximum Gasteiger partial charge on any atom is 0.103 e. The molecule has 0 aromatic heterocycles. The number of nitrogens with one attached hydrogen (secondary N) is 1. The van der Waals surface area contributed by atoms with Gasteiger partial charge in [0.15, 0.2) is 0 Å². The molecule has 21 heavy (non-hydrogen) atoms. The lowest BCUT2D eigenvalue weighted by atomic mass is 9.98. The first-order valence-electron chi connectivity index (χ1n) is 7.80. The molecular formula is C18H28N2S. The van der Waals surface area contributed by atoms with Crippen molar-refractivity contribution in [3.05, 3.63) is 34.9 Å². The molecule has 1 aromatic carbocycles. The van der Waals surface area contributed by atoms with Crippen LogP contribution >= 0.6 is 11.8 Å². The Hall–Kier alpha value is -0.980. The van der Waals surface area contributed by atoms with Gasteiger partial charge in [0.05, 0.1) is 6.07 Å². The molecule has 0 fully saturated rings. The molecule has 116 valence electrons. The van der Waals surface area contributed by atoms with E-state index >= 15 is 0 Å². The van der Waals surface area contributed by atoms with Gasteiger partial charge in [0.2, 0.25) is 0 Å². The van der Waals surface area contributed by atoms with Gasteiger partial charge in [-0.3, -0.25) is 5.32 Å². The van der Waals surface area contributed by atoms with Gasteiger partial charge >= 0.3 is 0 Å². The van der Waals surface area contributed by atoms with E-state index in [-0.39, 0.29) is 5.54 Å². The van der Waals surface area contributed by atoms with Crippen molar-refractivity contribution in [2.24, 2.45) is 0 Å². The average molecular weight is 305 g/mol. The summed E-state index contributed by atoms with van der Waals surface area (Å²) < 4.78 is 0. The Morgan fingerprint density at radius 1 is 1.24 bits per heavy atom. The van der Waals surface area contributed by atoms with Crippen molar-refractivity contribution in [2.45, 2.75) is 58.2 Å². The summed E-state index contributed by atoms with van der Waals surface area (Å²) in [6, 6.07) is 9.16. The minimum absolute atomic E-state index is 0.365. The summed E-state index contributed by atoms with van der Waals surface area (Å²) in [6.07, 6.45) is 3.07. The fourth-order valence-corrected chi connectivity index (χ4v) is 3.35. The summed E-state index contributed by atoms with van der Waals surface area (Å²) in [5.41, 5.74) is 3.72. The summed E-state index contributed by atoms with van der Waals surface area (Å²) >= 11 is 1.96. The van der Waals surface area contributed by atoms with Crippen LogP contribution in [0.4, 0.5) is 0 Å².